The van der Waals surface area contributed by atoms with Gasteiger partial charge in [-0.2, -0.15) is 0 Å². The maximum atomic E-state index is 11.0. The van der Waals surface area contributed by atoms with E-state index >= 15 is 0 Å². The van der Waals surface area contributed by atoms with E-state index in [1.807, 2.05) is 0 Å². The molecule has 88 valence electrons. The molecule has 1 aliphatic rings. The van der Waals surface area contributed by atoms with Gasteiger partial charge in [-0.3, -0.25) is 9.69 Å². The molecule has 0 saturated carbocycles. The SMILES string of the molecule is CN1Cc2cc(O)ccc2C[C@@H]1C(=O)O.Cl. The first-order valence-corrected chi connectivity index (χ1v) is 4.82. The van der Waals surface area contributed by atoms with Crippen LogP contribution in [0, 0.1) is 0 Å². The van der Waals surface area contributed by atoms with E-state index < -0.39 is 12.0 Å². The molecule has 0 fully saturated rings. The summed E-state index contributed by atoms with van der Waals surface area (Å²) >= 11 is 0. The number of carboxylic acids is 1. The minimum Gasteiger partial charge on any atom is -0.508 e. The van der Waals surface area contributed by atoms with Crippen LogP contribution in [0.3, 0.4) is 0 Å². The highest BCUT2D eigenvalue weighted by atomic mass is 35.5. The van der Waals surface area contributed by atoms with Gasteiger partial charge in [0.25, 0.3) is 0 Å². The van der Waals surface area contributed by atoms with Crippen LogP contribution >= 0.6 is 12.4 Å². The second kappa shape index (κ2) is 4.72. The molecule has 2 rings (SSSR count). The zero-order valence-electron chi connectivity index (χ0n) is 8.88. The molecule has 2 N–H and O–H groups in total. The average molecular weight is 244 g/mol. The van der Waals surface area contributed by atoms with Crippen LogP contribution < -0.4 is 0 Å². The Morgan fingerprint density at radius 2 is 2.12 bits per heavy atom. The average Bonchev–Trinajstić information content (AvgIpc) is 2.15. The van der Waals surface area contributed by atoms with Crippen LogP contribution in [0.15, 0.2) is 18.2 Å². The number of hydrogen-bond donors (Lipinski definition) is 2. The predicted molar refractivity (Wildman–Crippen MR) is 61.9 cm³/mol. The number of aromatic hydroxyl groups is 1. The van der Waals surface area contributed by atoms with Gasteiger partial charge < -0.3 is 10.2 Å². The van der Waals surface area contributed by atoms with Crippen molar-refractivity contribution in [3.05, 3.63) is 29.3 Å². The van der Waals surface area contributed by atoms with Crippen LogP contribution in [-0.4, -0.2) is 34.2 Å². The van der Waals surface area contributed by atoms with Gasteiger partial charge in [-0.1, -0.05) is 6.07 Å². The van der Waals surface area contributed by atoms with Gasteiger partial charge >= 0.3 is 5.97 Å². The molecule has 0 amide bonds. The highest BCUT2D eigenvalue weighted by Crippen LogP contribution is 2.25. The van der Waals surface area contributed by atoms with E-state index in [0.29, 0.717) is 13.0 Å². The molecular weight excluding hydrogens is 230 g/mol. The van der Waals surface area contributed by atoms with Gasteiger partial charge in [0.15, 0.2) is 0 Å². The van der Waals surface area contributed by atoms with Crippen molar-refractivity contribution in [3.63, 3.8) is 0 Å². The predicted octanol–water partition coefficient (Wildman–Crippen LogP) is 1.26. The van der Waals surface area contributed by atoms with Gasteiger partial charge in [0.05, 0.1) is 0 Å². The molecule has 0 saturated heterocycles. The van der Waals surface area contributed by atoms with Crippen LogP contribution in [0.25, 0.3) is 0 Å². The number of rotatable bonds is 1. The molecule has 0 bridgehead atoms. The van der Waals surface area contributed by atoms with Crippen LogP contribution in [0.5, 0.6) is 5.75 Å². The lowest BCUT2D eigenvalue weighted by atomic mass is 9.94. The number of benzene rings is 1. The molecule has 1 atom stereocenters. The molecule has 1 aromatic carbocycles. The number of fused-ring (bicyclic) bond motifs is 1. The summed E-state index contributed by atoms with van der Waals surface area (Å²) in [6.45, 7) is 0.570. The number of halogens is 1. The first-order valence-electron chi connectivity index (χ1n) is 4.82. The molecule has 5 heteroatoms. The Bertz CT molecular complexity index is 408. The van der Waals surface area contributed by atoms with Crippen molar-refractivity contribution in [1.82, 2.24) is 4.90 Å². The van der Waals surface area contributed by atoms with Crippen molar-refractivity contribution in [1.29, 1.82) is 0 Å². The molecule has 0 unspecified atom stereocenters. The van der Waals surface area contributed by atoms with Gasteiger partial charge in [0.1, 0.15) is 11.8 Å². The Balaban J connectivity index is 0.00000128. The lowest BCUT2D eigenvalue weighted by molar-refractivity contribution is -0.143. The summed E-state index contributed by atoms with van der Waals surface area (Å²) < 4.78 is 0. The summed E-state index contributed by atoms with van der Waals surface area (Å²) in [4.78, 5) is 12.7. The Labute approximate surface area is 99.9 Å². The fourth-order valence-corrected chi connectivity index (χ4v) is 1.98. The van der Waals surface area contributed by atoms with Crippen LogP contribution in [-0.2, 0) is 17.8 Å². The van der Waals surface area contributed by atoms with Crippen molar-refractivity contribution in [2.45, 2.75) is 19.0 Å². The first kappa shape index (κ1) is 12.8. The van der Waals surface area contributed by atoms with Crippen molar-refractivity contribution in [2.24, 2.45) is 0 Å². The fraction of sp³-hybridized carbons (Fsp3) is 0.364. The zero-order chi connectivity index (χ0) is 11.0. The molecule has 0 spiro atoms. The number of carboxylic acid groups (broad SMARTS) is 1. The number of hydrogen-bond acceptors (Lipinski definition) is 3. The second-order valence-electron chi connectivity index (χ2n) is 3.93. The van der Waals surface area contributed by atoms with Crippen LogP contribution in [0.1, 0.15) is 11.1 Å². The van der Waals surface area contributed by atoms with E-state index in [1.54, 1.807) is 30.1 Å². The highest BCUT2D eigenvalue weighted by molar-refractivity contribution is 5.85. The van der Waals surface area contributed by atoms with Crippen molar-refractivity contribution < 1.29 is 15.0 Å². The lowest BCUT2D eigenvalue weighted by Gasteiger charge is -2.31. The Kier molecular flexibility index (Phi) is 3.78. The number of phenolic OH excluding ortho intramolecular Hbond substituents is 1. The Morgan fingerprint density at radius 1 is 1.44 bits per heavy atom. The molecular formula is C11H14ClNO3. The smallest absolute Gasteiger partial charge is 0.321 e. The maximum Gasteiger partial charge on any atom is 0.321 e. The third-order valence-corrected chi connectivity index (χ3v) is 2.84. The van der Waals surface area contributed by atoms with E-state index in [2.05, 4.69) is 0 Å². The molecule has 1 aromatic rings. The topological polar surface area (TPSA) is 60.8 Å². The number of nitrogens with zero attached hydrogens (tertiary/aromatic N) is 1. The minimum absolute atomic E-state index is 0. The standard InChI is InChI=1S/C11H13NO3.ClH/c1-12-6-8-4-9(13)3-2-7(8)5-10(12)11(14)15;/h2-4,10,13H,5-6H2,1H3,(H,14,15);1H/t10-;/m1./s1. The zero-order valence-corrected chi connectivity index (χ0v) is 9.70. The van der Waals surface area contributed by atoms with Crippen LogP contribution in [0.4, 0.5) is 0 Å². The van der Waals surface area contributed by atoms with E-state index in [-0.39, 0.29) is 18.2 Å². The molecule has 1 aliphatic heterocycles. The van der Waals surface area contributed by atoms with Gasteiger partial charge in [0, 0.05) is 6.54 Å². The number of carbonyl (C=O) groups is 1. The van der Waals surface area contributed by atoms with Crippen molar-refractivity contribution in [2.75, 3.05) is 7.05 Å². The normalized spacial score (nSPS) is 19.7. The summed E-state index contributed by atoms with van der Waals surface area (Å²) in [5, 5.41) is 18.3. The van der Waals surface area contributed by atoms with Crippen molar-refractivity contribution in [3.8, 4) is 5.75 Å². The fourth-order valence-electron chi connectivity index (χ4n) is 1.98. The quantitative estimate of drug-likeness (QED) is 0.780. The molecule has 16 heavy (non-hydrogen) atoms. The molecule has 0 radical (unpaired) electrons. The first-order chi connectivity index (χ1) is 7.08. The molecule has 1 heterocycles. The Morgan fingerprint density at radius 3 is 2.75 bits per heavy atom. The Hall–Kier alpha value is -1.26. The number of phenols is 1. The highest BCUT2D eigenvalue weighted by Gasteiger charge is 2.28. The van der Waals surface area contributed by atoms with E-state index in [4.69, 9.17) is 5.11 Å². The largest absolute Gasteiger partial charge is 0.508 e. The van der Waals surface area contributed by atoms with Gasteiger partial charge in [0.2, 0.25) is 0 Å². The summed E-state index contributed by atoms with van der Waals surface area (Å²) in [6.07, 6.45) is 0.501. The maximum absolute atomic E-state index is 11.0. The van der Waals surface area contributed by atoms with Crippen LogP contribution in [0.2, 0.25) is 0 Å². The molecule has 0 aliphatic carbocycles. The van der Waals surface area contributed by atoms with E-state index in [0.717, 1.165) is 11.1 Å². The van der Waals surface area contributed by atoms with Gasteiger partial charge in [-0.15, -0.1) is 12.4 Å². The van der Waals surface area contributed by atoms with E-state index in [1.165, 1.54) is 0 Å². The summed E-state index contributed by atoms with van der Waals surface area (Å²) in [6, 6.07) is 4.64. The van der Waals surface area contributed by atoms with Gasteiger partial charge in [-0.25, -0.2) is 0 Å². The van der Waals surface area contributed by atoms with Gasteiger partial charge in [-0.05, 0) is 36.7 Å². The second-order valence-corrected chi connectivity index (χ2v) is 3.93. The number of aliphatic carboxylic acids is 1. The molecule has 4 nitrogen and oxygen atoms in total. The van der Waals surface area contributed by atoms with E-state index in [9.17, 15) is 9.90 Å². The summed E-state index contributed by atoms with van der Waals surface area (Å²) in [7, 11) is 1.78. The summed E-state index contributed by atoms with van der Waals surface area (Å²) in [5.74, 6) is -0.563. The third kappa shape index (κ3) is 2.28. The lowest BCUT2D eigenvalue weighted by Crippen LogP contribution is -2.42. The monoisotopic (exact) mass is 243 g/mol. The summed E-state index contributed by atoms with van der Waals surface area (Å²) in [5.41, 5.74) is 2.02. The van der Waals surface area contributed by atoms with Crippen molar-refractivity contribution >= 4 is 18.4 Å². The third-order valence-electron chi connectivity index (χ3n) is 2.84. The minimum atomic E-state index is -0.795. The number of likely N-dealkylation sites (N-methyl/N-ethyl adjacent to an activating group) is 1. The molecule has 0 aromatic heterocycles.